The van der Waals surface area contributed by atoms with Crippen molar-refractivity contribution >= 4 is 21.8 Å². The maximum atomic E-state index is 11.7. The van der Waals surface area contributed by atoms with Gasteiger partial charge in [0.25, 0.3) is 0 Å². The van der Waals surface area contributed by atoms with Crippen molar-refractivity contribution in [3.63, 3.8) is 0 Å². The number of nitrogens with two attached hydrogens (primary N) is 2. The van der Waals surface area contributed by atoms with Crippen LogP contribution < -0.4 is 16.4 Å². The molecule has 0 spiro atoms. The highest BCUT2D eigenvalue weighted by atomic mass is 32.3. The SMILES string of the molecule is CCCC(N)(OS(=O)(=O)OC)C1CCN(c2ccc(N)cc2)C1. The molecule has 1 aromatic carbocycles. The quantitative estimate of drug-likeness (QED) is 0.570. The second kappa shape index (κ2) is 7.04. The molecule has 2 rings (SSSR count). The van der Waals surface area contributed by atoms with Crippen LogP contribution in [0.4, 0.5) is 11.4 Å². The summed E-state index contributed by atoms with van der Waals surface area (Å²) in [5, 5.41) is 0. The van der Waals surface area contributed by atoms with Gasteiger partial charge in [-0.1, -0.05) is 13.3 Å². The predicted octanol–water partition coefficient (Wildman–Crippen LogP) is 1.46. The zero-order valence-electron chi connectivity index (χ0n) is 13.6. The highest BCUT2D eigenvalue weighted by Gasteiger charge is 2.43. The van der Waals surface area contributed by atoms with E-state index >= 15 is 0 Å². The van der Waals surface area contributed by atoms with E-state index in [1.54, 1.807) is 0 Å². The lowest BCUT2D eigenvalue weighted by atomic mass is 9.91. The topological polar surface area (TPSA) is 108 Å². The van der Waals surface area contributed by atoms with Crippen LogP contribution in [0.2, 0.25) is 0 Å². The first-order valence-corrected chi connectivity index (χ1v) is 9.03. The predicted molar refractivity (Wildman–Crippen MR) is 90.0 cm³/mol. The van der Waals surface area contributed by atoms with Crippen LogP contribution in [0.15, 0.2) is 24.3 Å². The Morgan fingerprint density at radius 3 is 2.57 bits per heavy atom. The van der Waals surface area contributed by atoms with Crippen molar-refractivity contribution in [2.45, 2.75) is 31.9 Å². The first-order chi connectivity index (χ1) is 10.8. The van der Waals surface area contributed by atoms with Crippen LogP contribution >= 0.6 is 0 Å². The van der Waals surface area contributed by atoms with Gasteiger partial charge >= 0.3 is 10.4 Å². The summed E-state index contributed by atoms with van der Waals surface area (Å²) in [6, 6.07) is 7.58. The van der Waals surface area contributed by atoms with Crippen LogP contribution in [0.1, 0.15) is 26.2 Å². The van der Waals surface area contributed by atoms with Gasteiger partial charge in [-0.05, 0) is 37.1 Å². The minimum atomic E-state index is -4.08. The lowest BCUT2D eigenvalue weighted by molar-refractivity contribution is 0.00618. The Kier molecular flexibility index (Phi) is 5.51. The van der Waals surface area contributed by atoms with Crippen LogP contribution in [-0.4, -0.2) is 34.3 Å². The monoisotopic (exact) mass is 343 g/mol. The zero-order valence-corrected chi connectivity index (χ0v) is 14.4. The third-order valence-electron chi connectivity index (χ3n) is 4.24. The molecule has 1 aromatic rings. The second-order valence-electron chi connectivity index (χ2n) is 5.89. The molecule has 130 valence electrons. The molecule has 0 amide bonds. The van der Waals surface area contributed by atoms with E-state index in [-0.39, 0.29) is 5.92 Å². The highest BCUT2D eigenvalue weighted by molar-refractivity contribution is 7.81. The van der Waals surface area contributed by atoms with Crippen molar-refractivity contribution in [1.29, 1.82) is 0 Å². The van der Waals surface area contributed by atoms with Crippen LogP contribution in [0.5, 0.6) is 0 Å². The van der Waals surface area contributed by atoms with Crippen molar-refractivity contribution in [3.8, 4) is 0 Å². The average Bonchev–Trinajstić information content (AvgIpc) is 2.98. The number of benzene rings is 1. The summed E-state index contributed by atoms with van der Waals surface area (Å²) in [7, 11) is -3.02. The molecule has 2 atom stereocenters. The molecule has 1 saturated heterocycles. The summed E-state index contributed by atoms with van der Waals surface area (Å²) in [5.74, 6) is -0.107. The van der Waals surface area contributed by atoms with E-state index in [9.17, 15) is 8.42 Å². The Bertz CT molecular complexity index is 620. The highest BCUT2D eigenvalue weighted by Crippen LogP contribution is 2.34. The van der Waals surface area contributed by atoms with Crippen LogP contribution in [0.25, 0.3) is 0 Å². The number of hydrogen-bond donors (Lipinski definition) is 2. The molecule has 0 bridgehead atoms. The fraction of sp³-hybridized carbons (Fsp3) is 0.600. The normalized spacial score (nSPS) is 21.3. The molecule has 1 fully saturated rings. The van der Waals surface area contributed by atoms with E-state index in [1.807, 2.05) is 31.2 Å². The molecule has 0 saturated carbocycles. The van der Waals surface area contributed by atoms with E-state index in [0.29, 0.717) is 25.1 Å². The van der Waals surface area contributed by atoms with Crippen molar-refractivity contribution in [1.82, 2.24) is 0 Å². The standard InChI is InChI=1S/C15H25N3O4S/c1-3-9-15(17,22-23(19,20)21-2)12-8-10-18(11-12)14-6-4-13(16)5-7-14/h4-7,12H,3,8-11,16-17H2,1-2H3. The van der Waals surface area contributed by atoms with Crippen molar-refractivity contribution < 1.29 is 16.8 Å². The van der Waals surface area contributed by atoms with E-state index in [4.69, 9.17) is 15.7 Å². The largest absolute Gasteiger partial charge is 0.401 e. The fourth-order valence-corrected chi connectivity index (χ4v) is 3.67. The summed E-state index contributed by atoms with van der Waals surface area (Å²) in [4.78, 5) is 2.16. The van der Waals surface area contributed by atoms with Gasteiger partial charge in [-0.25, -0.2) is 4.18 Å². The molecule has 23 heavy (non-hydrogen) atoms. The van der Waals surface area contributed by atoms with E-state index in [0.717, 1.165) is 25.8 Å². The van der Waals surface area contributed by atoms with Gasteiger partial charge in [0.05, 0.1) is 7.11 Å². The molecule has 0 aromatic heterocycles. The van der Waals surface area contributed by atoms with Gasteiger partial charge in [-0.3, -0.25) is 4.18 Å². The minimum absolute atomic E-state index is 0.107. The Balaban J connectivity index is 2.14. The third-order valence-corrected chi connectivity index (χ3v) is 5.16. The molecular weight excluding hydrogens is 318 g/mol. The van der Waals surface area contributed by atoms with Gasteiger partial charge < -0.3 is 16.4 Å². The van der Waals surface area contributed by atoms with Crippen molar-refractivity contribution in [2.75, 3.05) is 30.8 Å². The van der Waals surface area contributed by atoms with Crippen molar-refractivity contribution in [3.05, 3.63) is 24.3 Å². The third kappa shape index (κ3) is 4.35. The van der Waals surface area contributed by atoms with Gasteiger partial charge in [0.2, 0.25) is 0 Å². The Morgan fingerprint density at radius 2 is 2.00 bits per heavy atom. The maximum absolute atomic E-state index is 11.7. The lowest BCUT2D eigenvalue weighted by Gasteiger charge is -2.33. The summed E-state index contributed by atoms with van der Waals surface area (Å²) >= 11 is 0. The zero-order chi connectivity index (χ0) is 17.1. The maximum Gasteiger partial charge on any atom is 0.401 e. The molecular formula is C15H25N3O4S. The Hall–Kier alpha value is -1.35. The minimum Gasteiger partial charge on any atom is -0.399 e. The molecule has 2 unspecified atom stereocenters. The molecule has 4 N–H and O–H groups in total. The number of anilines is 2. The summed E-state index contributed by atoms with van der Waals surface area (Å²) in [6.45, 7) is 3.35. The molecule has 1 heterocycles. The number of nitrogen functional groups attached to an aromatic ring is 1. The van der Waals surface area contributed by atoms with Crippen LogP contribution in [0, 0.1) is 5.92 Å². The van der Waals surface area contributed by atoms with Gasteiger partial charge in [0.1, 0.15) is 5.72 Å². The molecule has 0 radical (unpaired) electrons. The molecule has 0 aliphatic carbocycles. The first kappa shape index (κ1) is 18.0. The summed E-state index contributed by atoms with van der Waals surface area (Å²) < 4.78 is 33.0. The van der Waals surface area contributed by atoms with Gasteiger partial charge in [0.15, 0.2) is 0 Å². The number of nitrogens with zero attached hydrogens (tertiary/aromatic N) is 1. The summed E-state index contributed by atoms with van der Waals surface area (Å²) in [6.07, 6.45) is 1.91. The van der Waals surface area contributed by atoms with E-state index in [1.165, 1.54) is 0 Å². The molecule has 1 aliphatic heterocycles. The van der Waals surface area contributed by atoms with Crippen LogP contribution in [-0.2, 0) is 18.8 Å². The van der Waals surface area contributed by atoms with Gasteiger partial charge in [-0.15, -0.1) is 0 Å². The Morgan fingerprint density at radius 1 is 1.35 bits per heavy atom. The number of hydrogen-bond acceptors (Lipinski definition) is 7. The molecule has 1 aliphatic rings. The van der Waals surface area contributed by atoms with Crippen LogP contribution in [0.3, 0.4) is 0 Å². The van der Waals surface area contributed by atoms with E-state index in [2.05, 4.69) is 9.08 Å². The van der Waals surface area contributed by atoms with E-state index < -0.39 is 16.1 Å². The Labute approximate surface area is 137 Å². The molecule has 8 heteroatoms. The van der Waals surface area contributed by atoms with Crippen molar-refractivity contribution in [2.24, 2.45) is 11.7 Å². The van der Waals surface area contributed by atoms with Gasteiger partial charge in [-0.2, -0.15) is 8.42 Å². The summed E-state index contributed by atoms with van der Waals surface area (Å²) in [5.41, 5.74) is 12.5. The second-order valence-corrected chi connectivity index (χ2v) is 7.20. The molecule has 7 nitrogen and oxygen atoms in total. The average molecular weight is 343 g/mol. The lowest BCUT2D eigenvalue weighted by Crippen LogP contribution is -2.52. The van der Waals surface area contributed by atoms with Gasteiger partial charge in [0, 0.05) is 30.4 Å². The first-order valence-electron chi connectivity index (χ1n) is 7.70. The fourth-order valence-electron chi connectivity index (χ4n) is 3.01. The smallest absolute Gasteiger partial charge is 0.399 e. The number of rotatable bonds is 7.